The normalized spacial score (nSPS) is 20.7. The highest BCUT2D eigenvalue weighted by Crippen LogP contribution is 2.25. The second-order valence-electron chi connectivity index (χ2n) is 7.87. The van der Waals surface area contributed by atoms with Crippen molar-refractivity contribution < 1.29 is 4.74 Å². The summed E-state index contributed by atoms with van der Waals surface area (Å²) in [6, 6.07) is 2.64. The zero-order valence-corrected chi connectivity index (χ0v) is 17.3. The van der Waals surface area contributed by atoms with Crippen LogP contribution in [0.3, 0.4) is 0 Å². The van der Waals surface area contributed by atoms with Crippen LogP contribution < -0.4 is 10.6 Å². The third-order valence-corrected chi connectivity index (χ3v) is 5.13. The third-order valence-electron chi connectivity index (χ3n) is 5.13. The molecule has 1 fully saturated rings. The standard InChI is InChI=1S/C22H30N6O/c1-16(2)25-19-7-5-3-4-6-12-28-20(15-24-21(19)28)18-8-11-23-22(27-18)26-17-9-13-29-14-10-17/h6-8,11-12,15-17,25H,3-5,9-10,13-14H2,1-2H3,(H,23,26,27)/b12-6-,19-7-. The van der Waals surface area contributed by atoms with Gasteiger partial charge >= 0.3 is 0 Å². The van der Waals surface area contributed by atoms with E-state index in [0.29, 0.717) is 18.0 Å². The van der Waals surface area contributed by atoms with E-state index in [9.17, 15) is 0 Å². The highest BCUT2D eigenvalue weighted by atomic mass is 16.5. The Hall–Kier alpha value is -2.67. The number of hydrogen-bond acceptors (Lipinski definition) is 6. The zero-order valence-electron chi connectivity index (χ0n) is 17.3. The van der Waals surface area contributed by atoms with E-state index in [1.807, 2.05) is 18.5 Å². The summed E-state index contributed by atoms with van der Waals surface area (Å²) in [6.45, 7) is 5.87. The Morgan fingerprint density at radius 2 is 2.03 bits per heavy atom. The van der Waals surface area contributed by atoms with E-state index in [2.05, 4.69) is 52.4 Å². The maximum absolute atomic E-state index is 5.44. The summed E-state index contributed by atoms with van der Waals surface area (Å²) in [6.07, 6.45) is 15.5. The first-order valence-electron chi connectivity index (χ1n) is 10.6. The number of rotatable bonds is 5. The minimum Gasteiger partial charge on any atom is -0.381 e. The van der Waals surface area contributed by atoms with Gasteiger partial charge < -0.3 is 15.4 Å². The van der Waals surface area contributed by atoms with E-state index in [1.165, 1.54) is 0 Å². The molecule has 154 valence electrons. The molecule has 2 N–H and O–H groups in total. The molecule has 2 aliphatic heterocycles. The van der Waals surface area contributed by atoms with Crippen LogP contribution in [-0.4, -0.2) is 44.8 Å². The maximum Gasteiger partial charge on any atom is 0.223 e. The summed E-state index contributed by atoms with van der Waals surface area (Å²) in [5.41, 5.74) is 2.90. The van der Waals surface area contributed by atoms with Crippen molar-refractivity contribution in [2.24, 2.45) is 0 Å². The molecule has 7 nitrogen and oxygen atoms in total. The Morgan fingerprint density at radius 1 is 1.17 bits per heavy atom. The van der Waals surface area contributed by atoms with Gasteiger partial charge in [-0.3, -0.25) is 4.57 Å². The Labute approximate surface area is 172 Å². The number of fused-ring (bicyclic) bond motifs is 1. The van der Waals surface area contributed by atoms with Crippen molar-refractivity contribution in [1.82, 2.24) is 24.8 Å². The van der Waals surface area contributed by atoms with E-state index in [0.717, 1.165) is 68.2 Å². The van der Waals surface area contributed by atoms with Crippen molar-refractivity contribution in [2.75, 3.05) is 18.5 Å². The molecule has 2 aromatic rings. The quantitative estimate of drug-likeness (QED) is 0.800. The lowest BCUT2D eigenvalue weighted by atomic mass is 10.1. The number of nitrogens with one attached hydrogen (secondary N) is 2. The van der Waals surface area contributed by atoms with Crippen LogP contribution in [0.5, 0.6) is 0 Å². The van der Waals surface area contributed by atoms with Crippen molar-refractivity contribution >= 4 is 17.8 Å². The van der Waals surface area contributed by atoms with Crippen LogP contribution >= 0.6 is 0 Å². The summed E-state index contributed by atoms with van der Waals surface area (Å²) in [5.74, 6) is 1.58. The van der Waals surface area contributed by atoms with Gasteiger partial charge in [-0.1, -0.05) is 12.2 Å². The van der Waals surface area contributed by atoms with Gasteiger partial charge in [-0.25, -0.2) is 15.0 Å². The Kier molecular flexibility index (Phi) is 6.24. The minimum atomic E-state index is 0.342. The largest absolute Gasteiger partial charge is 0.381 e. The van der Waals surface area contributed by atoms with Crippen LogP contribution in [0, 0.1) is 0 Å². The lowest BCUT2D eigenvalue weighted by Gasteiger charge is -2.23. The molecule has 0 radical (unpaired) electrons. The second-order valence-corrected chi connectivity index (χ2v) is 7.87. The number of imidazole rings is 1. The van der Waals surface area contributed by atoms with E-state index in [-0.39, 0.29) is 0 Å². The van der Waals surface area contributed by atoms with Crippen molar-refractivity contribution in [2.45, 2.75) is 58.0 Å². The Morgan fingerprint density at radius 3 is 2.86 bits per heavy atom. The zero-order chi connectivity index (χ0) is 20.1. The summed E-state index contributed by atoms with van der Waals surface area (Å²) in [7, 11) is 0. The molecule has 0 unspecified atom stereocenters. The monoisotopic (exact) mass is 394 g/mol. The number of nitrogens with zero attached hydrogens (tertiary/aromatic N) is 4. The molecule has 2 aliphatic rings. The molecule has 0 bridgehead atoms. The van der Waals surface area contributed by atoms with Gasteiger partial charge in [0.05, 0.1) is 23.3 Å². The van der Waals surface area contributed by atoms with Gasteiger partial charge in [-0.15, -0.1) is 0 Å². The van der Waals surface area contributed by atoms with Crippen LogP contribution in [0.4, 0.5) is 5.95 Å². The molecule has 0 amide bonds. The number of anilines is 1. The van der Waals surface area contributed by atoms with E-state index >= 15 is 0 Å². The first-order valence-corrected chi connectivity index (χ1v) is 10.6. The van der Waals surface area contributed by atoms with Crippen molar-refractivity contribution in [3.05, 3.63) is 36.4 Å². The molecule has 0 atom stereocenters. The molecule has 4 rings (SSSR count). The fourth-order valence-electron chi connectivity index (χ4n) is 3.68. The minimum absolute atomic E-state index is 0.342. The van der Waals surface area contributed by atoms with Crippen LogP contribution in [0.2, 0.25) is 0 Å². The van der Waals surface area contributed by atoms with Gasteiger partial charge in [-0.2, -0.15) is 0 Å². The predicted octanol–water partition coefficient (Wildman–Crippen LogP) is 3.92. The first kappa shape index (κ1) is 19.6. The molecule has 0 saturated carbocycles. The summed E-state index contributed by atoms with van der Waals surface area (Å²) in [5, 5.41) is 7.01. The van der Waals surface area contributed by atoms with E-state index < -0.39 is 0 Å². The number of hydrogen-bond donors (Lipinski definition) is 2. The van der Waals surface area contributed by atoms with Gasteiger partial charge in [-0.05, 0) is 52.0 Å². The highest BCUT2D eigenvalue weighted by molar-refractivity contribution is 5.68. The Bertz CT molecular complexity index is 879. The highest BCUT2D eigenvalue weighted by Gasteiger charge is 2.18. The molecule has 7 heteroatoms. The first-order chi connectivity index (χ1) is 14.2. The van der Waals surface area contributed by atoms with Gasteiger partial charge in [0.15, 0.2) is 5.82 Å². The molecule has 1 saturated heterocycles. The van der Waals surface area contributed by atoms with Crippen molar-refractivity contribution in [1.29, 1.82) is 0 Å². The molecule has 29 heavy (non-hydrogen) atoms. The molecular formula is C22H30N6O. The van der Waals surface area contributed by atoms with Gasteiger partial charge in [0.25, 0.3) is 0 Å². The van der Waals surface area contributed by atoms with Gasteiger partial charge in [0, 0.05) is 37.7 Å². The number of aromatic nitrogens is 4. The fraction of sp³-hybridized carbons (Fsp3) is 0.500. The Balaban J connectivity index is 1.65. The summed E-state index contributed by atoms with van der Waals surface area (Å²) < 4.78 is 7.57. The molecule has 0 aliphatic carbocycles. The lowest BCUT2D eigenvalue weighted by Crippen LogP contribution is -2.28. The topological polar surface area (TPSA) is 76.9 Å². The van der Waals surface area contributed by atoms with Crippen LogP contribution in [-0.2, 0) is 4.74 Å². The van der Waals surface area contributed by atoms with E-state index in [1.54, 1.807) is 0 Å². The maximum atomic E-state index is 5.44. The fourth-order valence-corrected chi connectivity index (χ4v) is 3.68. The molecule has 0 spiro atoms. The SMILES string of the molecule is CC(C)N/C1=C\CCC/C=C\n2c(-c3ccnc(NC4CCOCC4)n3)cnc21. The van der Waals surface area contributed by atoms with Gasteiger partial charge in [0.2, 0.25) is 5.95 Å². The lowest BCUT2D eigenvalue weighted by molar-refractivity contribution is 0.0903. The van der Waals surface area contributed by atoms with Gasteiger partial charge in [0.1, 0.15) is 0 Å². The van der Waals surface area contributed by atoms with Crippen LogP contribution in [0.25, 0.3) is 23.3 Å². The summed E-state index contributed by atoms with van der Waals surface area (Å²) in [4.78, 5) is 13.9. The van der Waals surface area contributed by atoms with Crippen LogP contribution in [0.15, 0.2) is 30.6 Å². The predicted molar refractivity (Wildman–Crippen MR) is 116 cm³/mol. The summed E-state index contributed by atoms with van der Waals surface area (Å²) >= 11 is 0. The smallest absolute Gasteiger partial charge is 0.223 e. The van der Waals surface area contributed by atoms with Crippen molar-refractivity contribution in [3.8, 4) is 11.4 Å². The number of ether oxygens (including phenoxy) is 1. The average molecular weight is 395 g/mol. The average Bonchev–Trinajstić information content (AvgIpc) is 3.16. The molecular weight excluding hydrogens is 364 g/mol. The van der Waals surface area contributed by atoms with Crippen LogP contribution in [0.1, 0.15) is 51.8 Å². The molecule has 2 aromatic heterocycles. The van der Waals surface area contributed by atoms with E-state index in [4.69, 9.17) is 14.7 Å². The molecule has 0 aromatic carbocycles. The second kappa shape index (κ2) is 9.22. The van der Waals surface area contributed by atoms with Crippen molar-refractivity contribution in [3.63, 3.8) is 0 Å². The number of allylic oxidation sites excluding steroid dienone is 2. The molecule has 4 heterocycles. The third kappa shape index (κ3) is 4.85.